The highest BCUT2D eigenvalue weighted by molar-refractivity contribution is 7.03. The number of rotatable bonds is 1. The van der Waals surface area contributed by atoms with Crippen molar-refractivity contribution in [3.05, 3.63) is 16.6 Å². The highest BCUT2D eigenvalue weighted by Crippen LogP contribution is 2.31. The maximum Gasteiger partial charge on any atom is 0.0981 e. The molecular weight excluding hydrogens is 194 g/mol. The number of aromatic nitrogens is 2. The van der Waals surface area contributed by atoms with Crippen LogP contribution in [-0.2, 0) is 0 Å². The van der Waals surface area contributed by atoms with Crippen LogP contribution in [0.4, 0.5) is 0 Å². The largest absolute Gasteiger partial charge is 0.311 e. The average molecular weight is 207 g/mol. The van der Waals surface area contributed by atoms with Crippen molar-refractivity contribution in [2.24, 2.45) is 0 Å². The second kappa shape index (κ2) is 3.44. The lowest BCUT2D eigenvalue weighted by Gasteiger charge is -2.23. The molecule has 0 aromatic carbocycles. The Labute approximate surface area is 87.4 Å². The Morgan fingerprint density at radius 1 is 1.36 bits per heavy atom. The maximum absolute atomic E-state index is 4.05. The smallest absolute Gasteiger partial charge is 0.0981 e. The lowest BCUT2D eigenvalue weighted by Crippen LogP contribution is -2.34. The van der Waals surface area contributed by atoms with Crippen molar-refractivity contribution in [3.63, 3.8) is 0 Å². The number of nitrogens with one attached hydrogen (secondary N) is 1. The minimum absolute atomic E-state index is 0.728. The molecule has 4 heteroatoms. The topological polar surface area (TPSA) is 37.8 Å². The average Bonchev–Trinajstić information content (AvgIpc) is 2.77. The van der Waals surface area contributed by atoms with Gasteiger partial charge in [0.2, 0.25) is 0 Å². The van der Waals surface area contributed by atoms with E-state index >= 15 is 0 Å². The Kier molecular flexibility index (Phi) is 2.10. The molecule has 1 aromatic rings. The van der Waals surface area contributed by atoms with E-state index in [2.05, 4.69) is 21.0 Å². The summed E-state index contributed by atoms with van der Waals surface area (Å²) >= 11 is 1.42. The fourth-order valence-corrected chi connectivity index (χ4v) is 2.91. The normalized spacial score (nSPS) is 30.7. The third-order valence-corrected chi connectivity index (χ3v) is 3.60. The second-order valence-electron chi connectivity index (χ2n) is 4.18. The van der Waals surface area contributed by atoms with E-state index in [4.69, 9.17) is 0 Å². The summed E-state index contributed by atoms with van der Waals surface area (Å²) in [6, 6.07) is 1.46. The van der Waals surface area contributed by atoms with E-state index in [0.29, 0.717) is 0 Å². The number of fused-ring (bicyclic) bond motifs is 2. The van der Waals surface area contributed by atoms with Gasteiger partial charge in [0.1, 0.15) is 0 Å². The van der Waals surface area contributed by atoms with Gasteiger partial charge in [0.25, 0.3) is 0 Å². The third-order valence-electron chi connectivity index (χ3n) is 3.08. The lowest BCUT2D eigenvalue weighted by molar-refractivity contribution is 0.476. The molecule has 74 valence electrons. The Morgan fingerprint density at radius 2 is 2.14 bits per heavy atom. The van der Waals surface area contributed by atoms with Crippen molar-refractivity contribution in [2.75, 3.05) is 0 Å². The lowest BCUT2D eigenvalue weighted by atomic mass is 9.98. The summed E-state index contributed by atoms with van der Waals surface area (Å²) in [6.07, 6.45) is 7.31. The molecule has 2 saturated heterocycles. The molecular formula is C10H13N3S. The molecule has 2 unspecified atom stereocenters. The highest BCUT2D eigenvalue weighted by atomic mass is 32.1. The molecule has 2 atom stereocenters. The summed E-state index contributed by atoms with van der Waals surface area (Å²) in [5.41, 5.74) is 2.58. The number of piperidine rings is 1. The predicted octanol–water partition coefficient (Wildman–Crippen LogP) is 1.84. The molecule has 2 aliphatic heterocycles. The van der Waals surface area contributed by atoms with Crippen LogP contribution in [0.15, 0.2) is 11.0 Å². The van der Waals surface area contributed by atoms with Crippen LogP contribution in [0.25, 0.3) is 6.08 Å². The molecule has 3 nitrogen and oxygen atoms in total. The molecule has 14 heavy (non-hydrogen) atoms. The van der Waals surface area contributed by atoms with Crippen molar-refractivity contribution >= 4 is 17.6 Å². The Hall–Kier alpha value is -0.740. The molecule has 0 saturated carbocycles. The summed E-state index contributed by atoms with van der Waals surface area (Å²) in [5, 5.41) is 9.69. The molecule has 2 fully saturated rings. The first kappa shape index (κ1) is 8.56. The molecule has 0 radical (unpaired) electrons. The Balaban J connectivity index is 1.80. The van der Waals surface area contributed by atoms with Crippen molar-refractivity contribution < 1.29 is 0 Å². The van der Waals surface area contributed by atoms with Crippen LogP contribution in [0, 0.1) is 0 Å². The van der Waals surface area contributed by atoms with Gasteiger partial charge >= 0.3 is 0 Å². The van der Waals surface area contributed by atoms with E-state index in [9.17, 15) is 0 Å². The van der Waals surface area contributed by atoms with Gasteiger partial charge in [0.05, 0.1) is 5.69 Å². The van der Waals surface area contributed by atoms with Gasteiger partial charge in [-0.05, 0) is 43.3 Å². The summed E-state index contributed by atoms with van der Waals surface area (Å²) in [5.74, 6) is 0. The van der Waals surface area contributed by atoms with Crippen LogP contribution >= 0.6 is 11.5 Å². The summed E-state index contributed by atoms with van der Waals surface area (Å²) in [6.45, 7) is 0. The second-order valence-corrected chi connectivity index (χ2v) is 4.79. The quantitative estimate of drug-likeness (QED) is 0.763. The van der Waals surface area contributed by atoms with Gasteiger partial charge < -0.3 is 5.32 Å². The van der Waals surface area contributed by atoms with E-state index in [1.807, 2.05) is 5.38 Å². The molecule has 0 spiro atoms. The molecule has 0 amide bonds. The van der Waals surface area contributed by atoms with Crippen LogP contribution in [0.2, 0.25) is 0 Å². The van der Waals surface area contributed by atoms with Gasteiger partial charge in [0, 0.05) is 17.5 Å². The summed E-state index contributed by atoms with van der Waals surface area (Å²) in [7, 11) is 0. The van der Waals surface area contributed by atoms with E-state index in [1.165, 1.54) is 37.2 Å². The molecule has 1 aromatic heterocycles. The van der Waals surface area contributed by atoms with Crippen molar-refractivity contribution in [1.29, 1.82) is 0 Å². The van der Waals surface area contributed by atoms with E-state index < -0.39 is 0 Å². The first-order valence-electron chi connectivity index (χ1n) is 5.13. The van der Waals surface area contributed by atoms with Crippen LogP contribution in [0.5, 0.6) is 0 Å². The van der Waals surface area contributed by atoms with E-state index in [0.717, 1.165) is 17.8 Å². The highest BCUT2D eigenvalue weighted by Gasteiger charge is 2.29. The first-order valence-corrected chi connectivity index (χ1v) is 5.96. The van der Waals surface area contributed by atoms with Gasteiger partial charge in [-0.2, -0.15) is 0 Å². The molecule has 0 aliphatic carbocycles. The van der Waals surface area contributed by atoms with Crippen LogP contribution in [-0.4, -0.2) is 21.7 Å². The van der Waals surface area contributed by atoms with E-state index in [-0.39, 0.29) is 0 Å². The van der Waals surface area contributed by atoms with Gasteiger partial charge in [-0.3, -0.25) is 0 Å². The van der Waals surface area contributed by atoms with Crippen LogP contribution < -0.4 is 5.32 Å². The number of hydrogen-bond donors (Lipinski definition) is 1. The van der Waals surface area contributed by atoms with Crippen molar-refractivity contribution in [1.82, 2.24) is 14.9 Å². The minimum atomic E-state index is 0.728. The standard InChI is InChI=1S/C10H13N3S/c1-2-9-4-7(3-8(1)11-9)5-10-6-14-13-12-10/h5-6,8-9,11H,1-4H2. The minimum Gasteiger partial charge on any atom is -0.311 e. The number of nitrogens with zero attached hydrogens (tertiary/aromatic N) is 2. The van der Waals surface area contributed by atoms with Gasteiger partial charge in [-0.15, -0.1) is 5.10 Å². The Bertz CT molecular complexity index is 330. The zero-order valence-corrected chi connectivity index (χ0v) is 8.76. The van der Waals surface area contributed by atoms with Gasteiger partial charge in [0.15, 0.2) is 0 Å². The predicted molar refractivity (Wildman–Crippen MR) is 57.1 cm³/mol. The summed E-state index contributed by atoms with van der Waals surface area (Å²) in [4.78, 5) is 0. The fraction of sp³-hybridized carbons (Fsp3) is 0.600. The molecule has 3 rings (SSSR count). The SMILES string of the molecule is C(=C1CC2CCC(C1)N2)c1csnn1. The fourth-order valence-electron chi connectivity index (χ4n) is 2.50. The summed E-state index contributed by atoms with van der Waals surface area (Å²) < 4.78 is 3.87. The maximum atomic E-state index is 4.05. The van der Waals surface area contributed by atoms with Crippen LogP contribution in [0.3, 0.4) is 0 Å². The zero-order valence-electron chi connectivity index (χ0n) is 7.94. The molecule has 3 heterocycles. The van der Waals surface area contributed by atoms with Crippen LogP contribution in [0.1, 0.15) is 31.4 Å². The number of hydrogen-bond acceptors (Lipinski definition) is 4. The molecule has 1 N–H and O–H groups in total. The molecule has 2 bridgehead atoms. The van der Waals surface area contributed by atoms with Gasteiger partial charge in [-0.25, -0.2) is 0 Å². The Morgan fingerprint density at radius 3 is 2.79 bits per heavy atom. The van der Waals surface area contributed by atoms with Gasteiger partial charge in [-0.1, -0.05) is 10.1 Å². The zero-order chi connectivity index (χ0) is 9.38. The monoisotopic (exact) mass is 207 g/mol. The third kappa shape index (κ3) is 1.60. The molecule has 2 aliphatic rings. The van der Waals surface area contributed by atoms with E-state index in [1.54, 1.807) is 5.57 Å². The van der Waals surface area contributed by atoms with Crippen molar-refractivity contribution in [3.8, 4) is 0 Å². The first-order chi connectivity index (χ1) is 6.90. The van der Waals surface area contributed by atoms with Crippen molar-refractivity contribution in [2.45, 2.75) is 37.8 Å².